The van der Waals surface area contributed by atoms with Crippen molar-refractivity contribution in [1.29, 1.82) is 0 Å². The van der Waals surface area contributed by atoms with Crippen molar-refractivity contribution in [3.63, 3.8) is 0 Å². The number of nitrogens with zero attached hydrogens (tertiary/aromatic N) is 2. The molecule has 1 atom stereocenters. The summed E-state index contributed by atoms with van der Waals surface area (Å²) >= 11 is 6.07. The quantitative estimate of drug-likeness (QED) is 0.672. The Morgan fingerprint density at radius 3 is 2.50 bits per heavy atom. The average Bonchev–Trinajstić information content (AvgIpc) is 2.77. The van der Waals surface area contributed by atoms with Crippen LogP contribution in [0.1, 0.15) is 28.8 Å². The molecule has 1 aliphatic heterocycles. The van der Waals surface area contributed by atoms with E-state index in [0.717, 1.165) is 5.56 Å². The molecule has 2 aromatic carbocycles. The Labute approximate surface area is 183 Å². The molecule has 0 aliphatic carbocycles. The highest BCUT2D eigenvalue weighted by atomic mass is 35.5. The molecule has 0 bridgehead atoms. The van der Waals surface area contributed by atoms with Gasteiger partial charge in [-0.25, -0.2) is 8.42 Å². The van der Waals surface area contributed by atoms with Crippen molar-refractivity contribution in [2.75, 3.05) is 45.0 Å². The lowest BCUT2D eigenvalue weighted by Gasteiger charge is -2.30. The molecule has 0 saturated carbocycles. The molecule has 162 valence electrons. The van der Waals surface area contributed by atoms with E-state index in [1.165, 1.54) is 4.31 Å². The largest absolute Gasteiger partial charge is 0.337 e. The van der Waals surface area contributed by atoms with Crippen LogP contribution in [0.5, 0.6) is 0 Å². The summed E-state index contributed by atoms with van der Waals surface area (Å²) in [6, 6.07) is 16.7. The van der Waals surface area contributed by atoms with Gasteiger partial charge in [-0.1, -0.05) is 54.9 Å². The topological polar surface area (TPSA) is 69.7 Å². The minimum atomic E-state index is -3.43. The Morgan fingerprint density at radius 2 is 1.83 bits per heavy atom. The summed E-state index contributed by atoms with van der Waals surface area (Å²) in [6.07, 6.45) is 0. The zero-order chi connectivity index (χ0) is 21.6. The van der Waals surface area contributed by atoms with Crippen LogP contribution >= 0.6 is 11.6 Å². The fraction of sp³-hybridized carbons (Fsp3) is 0.409. The van der Waals surface area contributed by atoms with Crippen LogP contribution in [-0.4, -0.2) is 68.6 Å². The third kappa shape index (κ3) is 6.04. The van der Waals surface area contributed by atoms with E-state index in [1.54, 1.807) is 29.2 Å². The second-order valence-corrected chi connectivity index (χ2v) is 10.1. The molecule has 0 aromatic heterocycles. The van der Waals surface area contributed by atoms with Gasteiger partial charge in [-0.05, 0) is 29.7 Å². The molecule has 6 nitrogen and oxygen atoms in total. The molecule has 1 fully saturated rings. The number of carbonyl (C=O) groups excluding carboxylic acids is 1. The lowest BCUT2D eigenvalue weighted by molar-refractivity contribution is 0.0757. The van der Waals surface area contributed by atoms with Crippen LogP contribution in [0.4, 0.5) is 0 Å². The number of carbonyl (C=O) groups is 1. The van der Waals surface area contributed by atoms with E-state index in [0.29, 0.717) is 43.3 Å². The highest BCUT2D eigenvalue weighted by Crippen LogP contribution is 2.19. The zero-order valence-corrected chi connectivity index (χ0v) is 18.7. The predicted molar refractivity (Wildman–Crippen MR) is 120 cm³/mol. The normalized spacial score (nSPS) is 16.2. The number of piperazine rings is 1. The van der Waals surface area contributed by atoms with E-state index in [4.69, 9.17) is 11.6 Å². The Kier molecular flexibility index (Phi) is 7.88. The summed E-state index contributed by atoms with van der Waals surface area (Å²) in [5.74, 6) is -0.243. The zero-order valence-electron chi connectivity index (χ0n) is 17.1. The fourth-order valence-corrected chi connectivity index (χ4v) is 5.21. The van der Waals surface area contributed by atoms with Gasteiger partial charge in [0.25, 0.3) is 5.91 Å². The summed E-state index contributed by atoms with van der Waals surface area (Å²) in [6.45, 7) is 4.82. The summed E-state index contributed by atoms with van der Waals surface area (Å²) < 4.78 is 27.1. The minimum Gasteiger partial charge on any atom is -0.337 e. The summed E-state index contributed by atoms with van der Waals surface area (Å²) in [5.41, 5.74) is 1.56. The summed E-state index contributed by atoms with van der Waals surface area (Å²) in [5, 5.41) is 3.63. The molecule has 2 aromatic rings. The number of rotatable bonds is 8. The monoisotopic (exact) mass is 449 g/mol. The first-order valence-corrected chi connectivity index (χ1v) is 12.1. The first-order chi connectivity index (χ1) is 14.4. The van der Waals surface area contributed by atoms with E-state index in [1.807, 2.05) is 37.3 Å². The summed E-state index contributed by atoms with van der Waals surface area (Å²) in [7, 11) is -3.43. The Hall–Kier alpha value is -1.93. The average molecular weight is 450 g/mol. The molecule has 8 heteroatoms. The Balaban J connectivity index is 1.77. The molecule has 3 rings (SSSR count). The van der Waals surface area contributed by atoms with Crippen LogP contribution in [0, 0.1) is 0 Å². The molecule has 1 amide bonds. The lowest BCUT2D eigenvalue weighted by atomic mass is 10.0. The van der Waals surface area contributed by atoms with Crippen molar-refractivity contribution in [3.8, 4) is 0 Å². The molecule has 0 radical (unpaired) electrons. The molecule has 0 unspecified atom stereocenters. The molecular weight excluding hydrogens is 422 g/mol. The molecule has 1 N–H and O–H groups in total. The highest BCUT2D eigenvalue weighted by Gasteiger charge is 2.27. The van der Waals surface area contributed by atoms with Crippen molar-refractivity contribution in [2.24, 2.45) is 0 Å². The van der Waals surface area contributed by atoms with Gasteiger partial charge in [0, 0.05) is 49.9 Å². The lowest BCUT2D eigenvalue weighted by Crippen LogP contribution is -2.48. The molecule has 0 spiro atoms. The maximum atomic E-state index is 13.2. The van der Waals surface area contributed by atoms with Gasteiger partial charge in [0.2, 0.25) is 10.0 Å². The van der Waals surface area contributed by atoms with Crippen molar-refractivity contribution < 1.29 is 13.2 Å². The van der Waals surface area contributed by atoms with E-state index < -0.39 is 10.0 Å². The first kappa shape index (κ1) is 22.7. The number of hydrogen-bond donors (Lipinski definition) is 1. The van der Waals surface area contributed by atoms with Gasteiger partial charge in [-0.15, -0.1) is 0 Å². The van der Waals surface area contributed by atoms with Crippen LogP contribution in [0.25, 0.3) is 0 Å². The maximum Gasteiger partial charge on any atom is 0.253 e. The molecular formula is C22H28ClN3O3S. The second kappa shape index (κ2) is 10.4. The van der Waals surface area contributed by atoms with E-state index in [9.17, 15) is 13.2 Å². The number of sulfonamides is 1. The second-order valence-electron chi connectivity index (χ2n) is 7.54. The van der Waals surface area contributed by atoms with Gasteiger partial charge < -0.3 is 10.2 Å². The fourth-order valence-electron chi connectivity index (χ4n) is 3.57. The third-order valence-corrected chi connectivity index (χ3v) is 7.40. The smallest absolute Gasteiger partial charge is 0.253 e. The molecule has 1 heterocycles. The predicted octanol–water partition coefficient (Wildman–Crippen LogP) is 2.82. The van der Waals surface area contributed by atoms with Crippen LogP contribution in [0.3, 0.4) is 0 Å². The molecule has 1 aliphatic rings. The minimum absolute atomic E-state index is 0.0659. The van der Waals surface area contributed by atoms with Gasteiger partial charge >= 0.3 is 0 Å². The van der Waals surface area contributed by atoms with Crippen LogP contribution in [0.2, 0.25) is 5.02 Å². The summed E-state index contributed by atoms with van der Waals surface area (Å²) in [4.78, 5) is 14.8. The van der Waals surface area contributed by atoms with Crippen LogP contribution in [-0.2, 0) is 10.0 Å². The van der Waals surface area contributed by atoms with Crippen molar-refractivity contribution in [2.45, 2.75) is 12.8 Å². The SMILES string of the molecule is C[C@@H](CN(CCS(=O)(=O)N1CCNCC1)C(=O)c1cccc(Cl)c1)c1ccccc1. The van der Waals surface area contributed by atoms with Crippen molar-refractivity contribution >= 4 is 27.5 Å². The molecule has 1 saturated heterocycles. The van der Waals surface area contributed by atoms with Crippen LogP contribution < -0.4 is 5.32 Å². The number of amides is 1. The third-order valence-electron chi connectivity index (χ3n) is 5.31. The maximum absolute atomic E-state index is 13.2. The highest BCUT2D eigenvalue weighted by molar-refractivity contribution is 7.89. The number of benzene rings is 2. The van der Waals surface area contributed by atoms with Gasteiger partial charge in [-0.3, -0.25) is 4.79 Å². The van der Waals surface area contributed by atoms with Crippen molar-refractivity contribution in [3.05, 3.63) is 70.7 Å². The number of halogens is 1. The van der Waals surface area contributed by atoms with Gasteiger partial charge in [0.05, 0.1) is 5.75 Å². The van der Waals surface area contributed by atoms with Gasteiger partial charge in [0.1, 0.15) is 0 Å². The molecule has 30 heavy (non-hydrogen) atoms. The van der Waals surface area contributed by atoms with Gasteiger partial charge in [0.15, 0.2) is 0 Å². The number of hydrogen-bond acceptors (Lipinski definition) is 4. The number of nitrogens with one attached hydrogen (secondary N) is 1. The van der Waals surface area contributed by atoms with Gasteiger partial charge in [-0.2, -0.15) is 4.31 Å². The Morgan fingerprint density at radius 1 is 1.13 bits per heavy atom. The van der Waals surface area contributed by atoms with E-state index in [-0.39, 0.29) is 24.1 Å². The standard InChI is InChI=1S/C22H28ClN3O3S/c1-18(19-6-3-2-4-7-19)17-25(22(27)20-8-5-9-21(23)16-20)14-15-30(28,29)26-12-10-24-11-13-26/h2-9,16,18,24H,10-15,17H2,1H3/t18-/m0/s1. The van der Waals surface area contributed by atoms with Crippen LogP contribution in [0.15, 0.2) is 54.6 Å². The first-order valence-electron chi connectivity index (χ1n) is 10.1. The van der Waals surface area contributed by atoms with E-state index in [2.05, 4.69) is 5.32 Å². The van der Waals surface area contributed by atoms with Crippen molar-refractivity contribution in [1.82, 2.24) is 14.5 Å². The van der Waals surface area contributed by atoms with E-state index >= 15 is 0 Å². The Bertz CT molecular complexity index is 947.